The smallest absolute Gasteiger partial charge is 0.208 e. The normalized spacial score (nSPS) is 15.4. The van der Waals surface area contributed by atoms with Crippen LogP contribution in [-0.4, -0.2) is 33.3 Å². The van der Waals surface area contributed by atoms with E-state index >= 15 is 0 Å². The van der Waals surface area contributed by atoms with Crippen molar-refractivity contribution in [3.8, 4) is 0 Å². The Morgan fingerprint density at radius 3 is 1.88 bits per heavy atom. The summed E-state index contributed by atoms with van der Waals surface area (Å²) in [4.78, 5) is 16.1. The van der Waals surface area contributed by atoms with E-state index in [-0.39, 0.29) is 11.5 Å². The Morgan fingerprint density at radius 1 is 0.700 bits per heavy atom. The molecule has 2 aliphatic carbocycles. The highest BCUT2D eigenvalue weighted by Crippen LogP contribution is 2.40. The summed E-state index contributed by atoms with van der Waals surface area (Å²) in [5.74, 6) is -0.0322. The molecule has 0 bridgehead atoms. The van der Waals surface area contributed by atoms with Gasteiger partial charge in [-0.3, -0.25) is 4.79 Å². The Balaban J connectivity index is 1.43. The van der Waals surface area contributed by atoms with Crippen molar-refractivity contribution in [1.29, 1.82) is 0 Å². The first-order chi connectivity index (χ1) is 24.0. The summed E-state index contributed by atoms with van der Waals surface area (Å²) >= 11 is 0. The highest BCUT2D eigenvalue weighted by Gasteiger charge is 2.37. The number of benzene rings is 3. The van der Waals surface area contributed by atoms with E-state index in [0.717, 1.165) is 35.4 Å². The average molecular weight is 670 g/mol. The number of unbranched alkanes of at least 4 members (excludes halogenated alkanes) is 4. The molecular formula is C46H57N2O2+. The van der Waals surface area contributed by atoms with E-state index < -0.39 is 0 Å². The van der Waals surface area contributed by atoms with E-state index in [1.165, 1.54) is 72.2 Å². The number of rotatable bonds is 14. The fourth-order valence-electron chi connectivity index (χ4n) is 7.57. The molecular weight excluding hydrogens is 613 g/mol. The molecule has 5 rings (SSSR count). The molecule has 0 heterocycles. The summed E-state index contributed by atoms with van der Waals surface area (Å²) in [6.45, 7) is 17.7. The molecule has 4 nitrogen and oxygen atoms in total. The number of hydrogen-bond donors (Lipinski definition) is 1. The SMILES string of the molecule is CCCCCC(C)N(c1ccc(C2=C(O)C(=C3C=CC(=[N+](c4ccc(C)cc4C)C(C)CCCCC)C=C3)C2=O)cc1)c1ccc(C)cc1C. The number of aliphatic hydroxyl groups excluding tert-OH is 1. The van der Waals surface area contributed by atoms with E-state index in [9.17, 15) is 9.90 Å². The van der Waals surface area contributed by atoms with E-state index in [0.29, 0.717) is 23.2 Å². The second kappa shape index (κ2) is 16.5. The van der Waals surface area contributed by atoms with Crippen LogP contribution in [0.2, 0.25) is 0 Å². The second-order valence-electron chi connectivity index (χ2n) is 14.5. The molecule has 0 aliphatic heterocycles. The van der Waals surface area contributed by atoms with Gasteiger partial charge in [0, 0.05) is 47.6 Å². The number of Topliss-reactive ketones (excluding diaryl/α,β-unsaturated/α-hetero) is 1. The van der Waals surface area contributed by atoms with Crippen molar-refractivity contribution < 1.29 is 14.5 Å². The highest BCUT2D eigenvalue weighted by atomic mass is 16.3. The average Bonchev–Trinajstić information content (AvgIpc) is 3.09. The van der Waals surface area contributed by atoms with E-state index in [2.05, 4.69) is 126 Å². The predicted octanol–water partition coefficient (Wildman–Crippen LogP) is 12.1. The molecule has 0 fully saturated rings. The fourth-order valence-corrected chi connectivity index (χ4v) is 7.57. The molecule has 4 heteroatoms. The van der Waals surface area contributed by atoms with Gasteiger partial charge in [0.2, 0.25) is 17.2 Å². The number of ketones is 1. The number of aryl methyl sites for hydroxylation is 4. The van der Waals surface area contributed by atoms with Crippen molar-refractivity contribution in [1.82, 2.24) is 0 Å². The Hall–Kier alpha value is -4.44. The zero-order chi connectivity index (χ0) is 35.9. The summed E-state index contributed by atoms with van der Waals surface area (Å²) in [6, 6.07) is 22.1. The summed E-state index contributed by atoms with van der Waals surface area (Å²) in [7, 11) is 0. The molecule has 0 aromatic heterocycles. The van der Waals surface area contributed by atoms with Gasteiger partial charge < -0.3 is 10.0 Å². The molecule has 0 saturated heterocycles. The summed E-state index contributed by atoms with van der Waals surface area (Å²) < 4.78 is 2.43. The van der Waals surface area contributed by atoms with Crippen molar-refractivity contribution in [3.63, 3.8) is 0 Å². The molecule has 2 atom stereocenters. The van der Waals surface area contributed by atoms with Crippen molar-refractivity contribution in [2.75, 3.05) is 4.90 Å². The molecule has 262 valence electrons. The van der Waals surface area contributed by atoms with Crippen molar-refractivity contribution in [2.24, 2.45) is 0 Å². The van der Waals surface area contributed by atoms with Crippen molar-refractivity contribution in [2.45, 2.75) is 119 Å². The van der Waals surface area contributed by atoms with E-state index in [4.69, 9.17) is 0 Å². The molecule has 0 spiro atoms. The van der Waals surface area contributed by atoms with Gasteiger partial charge in [-0.2, -0.15) is 4.58 Å². The molecule has 3 aromatic rings. The molecule has 2 unspecified atom stereocenters. The van der Waals surface area contributed by atoms with Crippen LogP contribution in [0.3, 0.4) is 0 Å². The zero-order valence-electron chi connectivity index (χ0n) is 31.6. The maximum atomic E-state index is 13.6. The first-order valence-electron chi connectivity index (χ1n) is 18.8. The van der Waals surface area contributed by atoms with Gasteiger partial charge in [-0.25, -0.2) is 0 Å². The molecule has 2 aliphatic rings. The van der Waals surface area contributed by atoms with E-state index in [1.807, 2.05) is 24.3 Å². The lowest BCUT2D eigenvalue weighted by Gasteiger charge is -2.33. The first-order valence-corrected chi connectivity index (χ1v) is 18.8. The van der Waals surface area contributed by atoms with Crippen LogP contribution in [0.4, 0.5) is 17.1 Å². The van der Waals surface area contributed by atoms with Crippen LogP contribution in [0.25, 0.3) is 5.57 Å². The molecule has 0 radical (unpaired) electrons. The molecule has 3 aromatic carbocycles. The van der Waals surface area contributed by atoms with Gasteiger partial charge >= 0.3 is 0 Å². The van der Waals surface area contributed by atoms with Crippen LogP contribution in [-0.2, 0) is 4.79 Å². The standard InChI is InChI=1S/C46H56N2O2/c1-9-11-13-15-35(7)47(41-27-17-31(3)29-33(41)5)39-23-19-37(20-24-39)43-45(49)44(46(43)50)38-21-25-40(26-22-38)48(36(8)16-14-12-10-2)42-28-18-32(4)30-34(42)6/h17-30,35-36H,9-16H2,1-8H3/p+1. The van der Waals surface area contributed by atoms with Crippen LogP contribution in [0.5, 0.6) is 0 Å². The third-order valence-electron chi connectivity index (χ3n) is 10.4. The summed E-state index contributed by atoms with van der Waals surface area (Å²) in [5, 5.41) is 11.3. The van der Waals surface area contributed by atoms with Gasteiger partial charge in [0.1, 0.15) is 5.76 Å². The molecule has 0 saturated carbocycles. The number of nitrogens with zero attached hydrogens (tertiary/aromatic N) is 2. The number of hydrogen-bond acceptors (Lipinski definition) is 3. The van der Waals surface area contributed by atoms with Gasteiger partial charge in [0.15, 0.2) is 6.04 Å². The summed E-state index contributed by atoms with van der Waals surface area (Å²) in [6.07, 6.45) is 17.6. The topological polar surface area (TPSA) is 43.5 Å². The number of anilines is 2. The minimum atomic E-state index is -0.110. The third-order valence-corrected chi connectivity index (χ3v) is 10.4. The number of carbonyl (C=O) groups excluding carboxylic acids is 1. The van der Waals surface area contributed by atoms with Crippen LogP contribution in [0, 0.1) is 27.7 Å². The second-order valence-corrected chi connectivity index (χ2v) is 14.5. The first kappa shape index (κ1) is 36.8. The lowest BCUT2D eigenvalue weighted by molar-refractivity contribution is -0.480. The van der Waals surface area contributed by atoms with Crippen molar-refractivity contribution in [3.05, 3.63) is 130 Å². The van der Waals surface area contributed by atoms with Gasteiger partial charge in [-0.05, 0) is 108 Å². The maximum absolute atomic E-state index is 13.6. The lowest BCUT2D eigenvalue weighted by Crippen LogP contribution is -2.29. The quantitative estimate of drug-likeness (QED) is 0.106. The minimum Gasteiger partial charge on any atom is -0.506 e. The monoisotopic (exact) mass is 669 g/mol. The van der Waals surface area contributed by atoms with Crippen LogP contribution < -0.4 is 4.90 Å². The molecule has 0 amide bonds. The zero-order valence-corrected chi connectivity index (χ0v) is 31.6. The maximum Gasteiger partial charge on any atom is 0.208 e. The lowest BCUT2D eigenvalue weighted by atomic mass is 9.80. The van der Waals surface area contributed by atoms with Crippen molar-refractivity contribution >= 4 is 34.1 Å². The van der Waals surface area contributed by atoms with Gasteiger partial charge in [-0.15, -0.1) is 0 Å². The van der Waals surface area contributed by atoms with Gasteiger partial charge in [-0.1, -0.05) is 87.4 Å². The van der Waals surface area contributed by atoms with Crippen LogP contribution in [0.15, 0.2) is 102 Å². The van der Waals surface area contributed by atoms with E-state index in [1.54, 1.807) is 0 Å². The third kappa shape index (κ3) is 7.96. The minimum absolute atomic E-state index is 0.0776. The van der Waals surface area contributed by atoms with Crippen LogP contribution in [0.1, 0.15) is 107 Å². The number of allylic oxidation sites excluding steroid dienone is 7. The Morgan fingerprint density at radius 2 is 1.30 bits per heavy atom. The Labute approximate surface area is 301 Å². The number of carbonyl (C=O) groups is 1. The predicted molar refractivity (Wildman–Crippen MR) is 212 cm³/mol. The van der Waals surface area contributed by atoms with Gasteiger partial charge in [0.25, 0.3) is 0 Å². The largest absolute Gasteiger partial charge is 0.506 e. The number of aliphatic hydroxyl groups is 1. The molecule has 50 heavy (non-hydrogen) atoms. The fraction of sp³-hybridized carbons (Fsp3) is 0.391. The molecule has 1 N–H and O–H groups in total. The van der Waals surface area contributed by atoms with Crippen LogP contribution >= 0.6 is 0 Å². The van der Waals surface area contributed by atoms with Gasteiger partial charge in [0.05, 0.1) is 11.1 Å². The Bertz CT molecular complexity index is 1850. The Kier molecular flexibility index (Phi) is 12.2. The summed E-state index contributed by atoms with van der Waals surface area (Å²) in [5.41, 5.74) is 11.9. The highest BCUT2D eigenvalue weighted by molar-refractivity contribution is 6.39.